The molecule has 0 atom stereocenters. The molecule has 1 aliphatic rings. The number of hydrogen-bond acceptors (Lipinski definition) is 6. The fraction of sp³-hybridized carbons (Fsp3) is 0.500. The lowest BCUT2D eigenvalue weighted by Gasteiger charge is -2.25. The molecule has 1 aromatic carbocycles. The van der Waals surface area contributed by atoms with E-state index in [1.54, 1.807) is 12.1 Å². The maximum absolute atomic E-state index is 12.6. The number of nitrogens with one attached hydrogen (secondary N) is 2. The molecule has 9 nitrogen and oxygen atoms in total. The average Bonchev–Trinajstić information content (AvgIpc) is 2.71. The van der Waals surface area contributed by atoms with Gasteiger partial charge in [-0.3, -0.25) is 14.4 Å². The molecule has 2 rings (SSSR count). The number of nitrogens with zero attached hydrogens (tertiary/aromatic N) is 1. The van der Waals surface area contributed by atoms with Gasteiger partial charge >= 0.3 is 5.97 Å². The summed E-state index contributed by atoms with van der Waals surface area (Å²) in [5, 5.41) is 4.65. The SMILES string of the molecule is CNC(=O)CNC(=O)COC(=O)Cc1ccc(S(=O)(=O)N2CCCCC2)cc1. The van der Waals surface area contributed by atoms with E-state index >= 15 is 0 Å². The van der Waals surface area contributed by atoms with E-state index in [1.807, 2.05) is 0 Å². The molecule has 1 fully saturated rings. The third kappa shape index (κ3) is 6.31. The van der Waals surface area contributed by atoms with E-state index in [1.165, 1.54) is 23.5 Å². The topological polar surface area (TPSA) is 122 Å². The zero-order chi connectivity index (χ0) is 20.6. The van der Waals surface area contributed by atoms with Crippen molar-refractivity contribution in [3.63, 3.8) is 0 Å². The number of hydrogen-bond donors (Lipinski definition) is 2. The van der Waals surface area contributed by atoms with E-state index in [0.29, 0.717) is 18.7 Å². The third-order valence-electron chi connectivity index (χ3n) is 4.31. The predicted molar refractivity (Wildman–Crippen MR) is 101 cm³/mol. The molecule has 1 aliphatic heterocycles. The number of carbonyl (C=O) groups excluding carboxylic acids is 3. The number of esters is 1. The lowest BCUT2D eigenvalue weighted by Crippen LogP contribution is -2.37. The number of likely N-dealkylation sites (N-methyl/N-ethyl adjacent to an activating group) is 1. The Morgan fingerprint density at radius 2 is 1.68 bits per heavy atom. The van der Waals surface area contributed by atoms with E-state index < -0.39 is 28.5 Å². The second-order valence-electron chi connectivity index (χ2n) is 6.40. The van der Waals surface area contributed by atoms with Crippen molar-refractivity contribution in [3.05, 3.63) is 29.8 Å². The standard InChI is InChI=1S/C18H25N3O6S/c1-19-16(22)12-20-17(23)13-27-18(24)11-14-5-7-15(8-6-14)28(25,26)21-9-3-2-4-10-21/h5-8H,2-4,9-13H2,1H3,(H,19,22)(H,20,23). The van der Waals surface area contributed by atoms with E-state index in [0.717, 1.165) is 19.3 Å². The molecule has 0 radical (unpaired) electrons. The lowest BCUT2D eigenvalue weighted by molar-refractivity contribution is -0.147. The van der Waals surface area contributed by atoms with Crippen molar-refractivity contribution in [2.24, 2.45) is 0 Å². The number of piperidine rings is 1. The third-order valence-corrected chi connectivity index (χ3v) is 6.23. The van der Waals surface area contributed by atoms with Crippen molar-refractivity contribution >= 4 is 27.8 Å². The molecule has 0 bridgehead atoms. The molecule has 0 saturated carbocycles. The Bertz CT molecular complexity index is 801. The van der Waals surface area contributed by atoms with Crippen molar-refractivity contribution in [2.75, 3.05) is 33.3 Å². The van der Waals surface area contributed by atoms with Crippen LogP contribution < -0.4 is 10.6 Å². The number of benzene rings is 1. The van der Waals surface area contributed by atoms with Crippen LogP contribution in [0.15, 0.2) is 29.2 Å². The fourth-order valence-corrected chi connectivity index (χ4v) is 4.23. The molecule has 1 heterocycles. The first-order valence-electron chi connectivity index (χ1n) is 9.05. The molecule has 2 amide bonds. The molecular weight excluding hydrogens is 386 g/mol. The first kappa shape index (κ1) is 21.8. The minimum atomic E-state index is -3.51. The summed E-state index contributed by atoms with van der Waals surface area (Å²) in [4.78, 5) is 34.5. The van der Waals surface area contributed by atoms with Gasteiger partial charge in [-0.15, -0.1) is 0 Å². The van der Waals surface area contributed by atoms with Gasteiger partial charge in [0.05, 0.1) is 17.9 Å². The molecule has 0 aromatic heterocycles. The van der Waals surface area contributed by atoms with Gasteiger partial charge in [0, 0.05) is 20.1 Å². The van der Waals surface area contributed by atoms with Gasteiger partial charge in [-0.2, -0.15) is 4.31 Å². The quantitative estimate of drug-likeness (QED) is 0.572. The van der Waals surface area contributed by atoms with Crippen LogP contribution in [0.1, 0.15) is 24.8 Å². The molecule has 154 valence electrons. The van der Waals surface area contributed by atoms with Gasteiger partial charge in [0.25, 0.3) is 5.91 Å². The van der Waals surface area contributed by atoms with Crippen LogP contribution in [0.2, 0.25) is 0 Å². The van der Waals surface area contributed by atoms with Crippen molar-refractivity contribution < 1.29 is 27.5 Å². The Labute approximate surface area is 164 Å². The van der Waals surface area contributed by atoms with Crippen molar-refractivity contribution in [3.8, 4) is 0 Å². The van der Waals surface area contributed by atoms with E-state index in [2.05, 4.69) is 10.6 Å². The highest BCUT2D eigenvalue weighted by Crippen LogP contribution is 2.21. The summed E-state index contributed by atoms with van der Waals surface area (Å²) in [5.41, 5.74) is 0.577. The smallest absolute Gasteiger partial charge is 0.310 e. The molecule has 0 spiro atoms. The Hall–Kier alpha value is -2.46. The van der Waals surface area contributed by atoms with Gasteiger partial charge in [0.2, 0.25) is 15.9 Å². The Kier molecular flexibility index (Phi) is 7.94. The maximum Gasteiger partial charge on any atom is 0.310 e. The Morgan fingerprint density at radius 1 is 1.04 bits per heavy atom. The monoisotopic (exact) mass is 411 g/mol. The number of carbonyl (C=O) groups is 3. The molecule has 1 aromatic rings. The van der Waals surface area contributed by atoms with Gasteiger partial charge in [-0.1, -0.05) is 18.6 Å². The van der Waals surface area contributed by atoms with Gasteiger partial charge in [0.1, 0.15) is 0 Å². The summed E-state index contributed by atoms with van der Waals surface area (Å²) in [6.45, 7) is 0.369. The number of amides is 2. The van der Waals surface area contributed by atoms with Gasteiger partial charge < -0.3 is 15.4 Å². The van der Waals surface area contributed by atoms with Crippen molar-refractivity contribution in [1.29, 1.82) is 0 Å². The minimum absolute atomic E-state index is 0.0905. The second-order valence-corrected chi connectivity index (χ2v) is 8.33. The zero-order valence-corrected chi connectivity index (χ0v) is 16.6. The summed E-state index contributed by atoms with van der Waals surface area (Å²) in [7, 11) is -2.07. The van der Waals surface area contributed by atoms with Crippen LogP contribution in [0, 0.1) is 0 Å². The summed E-state index contributed by atoms with van der Waals surface area (Å²) < 4.78 is 31.5. The molecule has 0 unspecified atom stereocenters. The molecule has 0 aliphatic carbocycles. The predicted octanol–water partition coefficient (Wildman–Crippen LogP) is -0.191. The van der Waals surface area contributed by atoms with Crippen LogP contribution >= 0.6 is 0 Å². The maximum atomic E-state index is 12.6. The van der Waals surface area contributed by atoms with E-state index in [-0.39, 0.29) is 23.8 Å². The summed E-state index contributed by atoms with van der Waals surface area (Å²) in [5.74, 6) is -1.57. The Morgan fingerprint density at radius 3 is 2.29 bits per heavy atom. The highest BCUT2D eigenvalue weighted by molar-refractivity contribution is 7.89. The van der Waals surface area contributed by atoms with Crippen LogP contribution in [-0.2, 0) is 35.6 Å². The highest BCUT2D eigenvalue weighted by atomic mass is 32.2. The Balaban J connectivity index is 1.84. The van der Waals surface area contributed by atoms with Crippen molar-refractivity contribution in [1.82, 2.24) is 14.9 Å². The van der Waals surface area contributed by atoms with E-state index in [4.69, 9.17) is 4.74 Å². The molecule has 2 N–H and O–H groups in total. The number of ether oxygens (including phenoxy) is 1. The molecular formula is C18H25N3O6S. The van der Waals surface area contributed by atoms with Gasteiger partial charge in [0.15, 0.2) is 6.61 Å². The van der Waals surface area contributed by atoms with Crippen LogP contribution in [0.3, 0.4) is 0 Å². The largest absolute Gasteiger partial charge is 0.455 e. The van der Waals surface area contributed by atoms with Crippen LogP contribution in [0.5, 0.6) is 0 Å². The van der Waals surface area contributed by atoms with Gasteiger partial charge in [-0.05, 0) is 30.5 Å². The summed E-state index contributed by atoms with van der Waals surface area (Å²) in [6.07, 6.45) is 2.67. The van der Waals surface area contributed by atoms with Crippen LogP contribution in [-0.4, -0.2) is 63.8 Å². The number of rotatable bonds is 8. The number of sulfonamides is 1. The van der Waals surface area contributed by atoms with Gasteiger partial charge in [-0.25, -0.2) is 8.42 Å². The molecule has 1 saturated heterocycles. The van der Waals surface area contributed by atoms with Crippen LogP contribution in [0.25, 0.3) is 0 Å². The molecule has 28 heavy (non-hydrogen) atoms. The minimum Gasteiger partial charge on any atom is -0.455 e. The lowest BCUT2D eigenvalue weighted by atomic mass is 10.1. The zero-order valence-electron chi connectivity index (χ0n) is 15.8. The average molecular weight is 411 g/mol. The normalized spacial score (nSPS) is 14.9. The van der Waals surface area contributed by atoms with E-state index in [9.17, 15) is 22.8 Å². The first-order chi connectivity index (χ1) is 13.3. The van der Waals surface area contributed by atoms with Crippen molar-refractivity contribution in [2.45, 2.75) is 30.6 Å². The second kappa shape index (κ2) is 10.2. The highest BCUT2D eigenvalue weighted by Gasteiger charge is 2.25. The summed E-state index contributed by atoms with van der Waals surface area (Å²) in [6, 6.07) is 6.07. The first-order valence-corrected chi connectivity index (χ1v) is 10.5. The fourth-order valence-electron chi connectivity index (χ4n) is 2.72. The molecule has 10 heteroatoms. The summed E-state index contributed by atoms with van der Waals surface area (Å²) >= 11 is 0. The van der Waals surface area contributed by atoms with Crippen LogP contribution in [0.4, 0.5) is 0 Å².